The fourth-order valence-corrected chi connectivity index (χ4v) is 2.10. The van der Waals surface area contributed by atoms with E-state index in [0.29, 0.717) is 0 Å². The first kappa shape index (κ1) is 12.7. The Morgan fingerprint density at radius 3 is 2.73 bits per heavy atom. The monoisotopic (exact) mass is 213 g/mol. The van der Waals surface area contributed by atoms with Crippen molar-refractivity contribution in [1.29, 1.82) is 0 Å². The van der Waals surface area contributed by atoms with Crippen LogP contribution in [0.3, 0.4) is 0 Å². The number of hydrogen-bond donors (Lipinski definition) is 1. The van der Waals surface area contributed by atoms with E-state index in [9.17, 15) is 4.79 Å². The number of carbonyl (C=O) groups excluding carboxylic acids is 1. The molecule has 0 aromatic heterocycles. The van der Waals surface area contributed by atoms with E-state index in [1.165, 1.54) is 0 Å². The fraction of sp³-hybridized carbons (Fsp3) is 0.917. The van der Waals surface area contributed by atoms with Gasteiger partial charge in [0, 0.05) is 12.0 Å². The van der Waals surface area contributed by atoms with Gasteiger partial charge in [-0.1, -0.05) is 6.92 Å². The Balaban J connectivity index is 2.52. The quantitative estimate of drug-likeness (QED) is 0.756. The van der Waals surface area contributed by atoms with Gasteiger partial charge in [0.2, 0.25) is 0 Å². The molecule has 1 heterocycles. The SMILES string of the molecule is CCC1(C(=O)COC(C)C)CCCNC1. The number of Topliss-reactive ketones (excluding diaryl/α,β-unsaturated/α-hetero) is 1. The minimum absolute atomic E-state index is 0.138. The highest BCUT2D eigenvalue weighted by Gasteiger charge is 2.37. The lowest BCUT2D eigenvalue weighted by atomic mass is 9.75. The summed E-state index contributed by atoms with van der Waals surface area (Å²) in [4.78, 5) is 12.1. The van der Waals surface area contributed by atoms with E-state index in [1.807, 2.05) is 13.8 Å². The van der Waals surface area contributed by atoms with E-state index < -0.39 is 0 Å². The van der Waals surface area contributed by atoms with Crippen molar-refractivity contribution in [3.63, 3.8) is 0 Å². The van der Waals surface area contributed by atoms with Crippen LogP contribution in [0.1, 0.15) is 40.0 Å². The maximum atomic E-state index is 12.1. The number of ether oxygens (including phenoxy) is 1. The summed E-state index contributed by atoms with van der Waals surface area (Å²) in [7, 11) is 0. The van der Waals surface area contributed by atoms with Crippen molar-refractivity contribution in [2.24, 2.45) is 5.41 Å². The Morgan fingerprint density at radius 2 is 2.27 bits per heavy atom. The Labute approximate surface area is 92.6 Å². The predicted octanol–water partition coefficient (Wildman–Crippen LogP) is 1.76. The highest BCUT2D eigenvalue weighted by Crippen LogP contribution is 2.31. The summed E-state index contributed by atoms with van der Waals surface area (Å²) in [6, 6.07) is 0. The van der Waals surface area contributed by atoms with Crippen molar-refractivity contribution in [3.05, 3.63) is 0 Å². The average molecular weight is 213 g/mol. The van der Waals surface area contributed by atoms with Crippen LogP contribution in [0.5, 0.6) is 0 Å². The van der Waals surface area contributed by atoms with E-state index in [-0.39, 0.29) is 23.9 Å². The van der Waals surface area contributed by atoms with Crippen molar-refractivity contribution < 1.29 is 9.53 Å². The molecule has 88 valence electrons. The number of piperidine rings is 1. The van der Waals surface area contributed by atoms with E-state index in [2.05, 4.69) is 12.2 Å². The third-order valence-corrected chi connectivity index (χ3v) is 3.29. The van der Waals surface area contributed by atoms with Gasteiger partial charge in [-0.15, -0.1) is 0 Å². The minimum Gasteiger partial charge on any atom is -0.371 e. The molecule has 1 fully saturated rings. The average Bonchev–Trinajstić information content (AvgIpc) is 2.26. The first-order valence-electron chi connectivity index (χ1n) is 5.96. The second-order valence-corrected chi connectivity index (χ2v) is 4.70. The molecule has 1 rings (SSSR count). The van der Waals surface area contributed by atoms with Crippen LogP contribution >= 0.6 is 0 Å². The molecule has 0 saturated carbocycles. The van der Waals surface area contributed by atoms with Crippen molar-refractivity contribution in [2.75, 3.05) is 19.7 Å². The zero-order valence-electron chi connectivity index (χ0n) is 10.1. The molecule has 0 amide bonds. The summed E-state index contributed by atoms with van der Waals surface area (Å²) in [5, 5.41) is 3.32. The molecule has 1 aliphatic heterocycles. The van der Waals surface area contributed by atoms with E-state index in [1.54, 1.807) is 0 Å². The van der Waals surface area contributed by atoms with Crippen LogP contribution < -0.4 is 5.32 Å². The normalized spacial score (nSPS) is 26.9. The summed E-state index contributed by atoms with van der Waals surface area (Å²) in [5.41, 5.74) is -0.160. The molecule has 15 heavy (non-hydrogen) atoms. The lowest BCUT2D eigenvalue weighted by molar-refractivity contribution is -0.136. The lowest BCUT2D eigenvalue weighted by Gasteiger charge is -2.35. The molecule has 1 atom stereocenters. The number of hydrogen-bond acceptors (Lipinski definition) is 3. The molecule has 1 unspecified atom stereocenters. The third kappa shape index (κ3) is 3.28. The number of rotatable bonds is 5. The Kier molecular flexibility index (Phi) is 4.74. The summed E-state index contributed by atoms with van der Waals surface area (Å²) >= 11 is 0. The molecule has 3 nitrogen and oxygen atoms in total. The van der Waals surface area contributed by atoms with Crippen LogP contribution in [-0.4, -0.2) is 31.6 Å². The second kappa shape index (κ2) is 5.61. The summed E-state index contributed by atoms with van der Waals surface area (Å²) in [6.07, 6.45) is 3.16. The van der Waals surface area contributed by atoms with Crippen LogP contribution in [0.4, 0.5) is 0 Å². The number of ketones is 1. The zero-order valence-corrected chi connectivity index (χ0v) is 10.1. The Bertz CT molecular complexity index is 208. The zero-order chi connectivity index (χ0) is 11.3. The van der Waals surface area contributed by atoms with Gasteiger partial charge in [-0.05, 0) is 39.7 Å². The molecular weight excluding hydrogens is 190 g/mol. The molecular formula is C12H23NO2. The first-order chi connectivity index (χ1) is 7.10. The first-order valence-corrected chi connectivity index (χ1v) is 5.96. The fourth-order valence-electron chi connectivity index (χ4n) is 2.10. The van der Waals surface area contributed by atoms with Gasteiger partial charge >= 0.3 is 0 Å². The van der Waals surface area contributed by atoms with Gasteiger partial charge in [-0.25, -0.2) is 0 Å². The third-order valence-electron chi connectivity index (χ3n) is 3.29. The van der Waals surface area contributed by atoms with Gasteiger partial charge in [0.05, 0.1) is 6.10 Å². The number of nitrogens with one attached hydrogen (secondary N) is 1. The molecule has 0 aromatic carbocycles. The summed E-state index contributed by atoms with van der Waals surface area (Å²) in [6.45, 7) is 8.16. The van der Waals surface area contributed by atoms with Crippen molar-refractivity contribution in [1.82, 2.24) is 5.32 Å². The molecule has 1 aliphatic rings. The summed E-state index contributed by atoms with van der Waals surface area (Å²) < 4.78 is 5.41. The molecule has 0 bridgehead atoms. The maximum absolute atomic E-state index is 12.1. The van der Waals surface area contributed by atoms with E-state index in [0.717, 1.165) is 32.4 Å². The largest absolute Gasteiger partial charge is 0.371 e. The van der Waals surface area contributed by atoms with Gasteiger partial charge in [-0.3, -0.25) is 4.79 Å². The Hall–Kier alpha value is -0.410. The topological polar surface area (TPSA) is 38.3 Å². The maximum Gasteiger partial charge on any atom is 0.165 e. The van der Waals surface area contributed by atoms with Crippen LogP contribution in [0.25, 0.3) is 0 Å². The molecule has 0 spiro atoms. The second-order valence-electron chi connectivity index (χ2n) is 4.70. The van der Waals surface area contributed by atoms with Crippen molar-refractivity contribution >= 4 is 5.78 Å². The lowest BCUT2D eigenvalue weighted by Crippen LogP contribution is -2.46. The van der Waals surface area contributed by atoms with Gasteiger partial charge in [0.15, 0.2) is 5.78 Å². The highest BCUT2D eigenvalue weighted by molar-refractivity contribution is 5.86. The van der Waals surface area contributed by atoms with Crippen LogP contribution in [0.15, 0.2) is 0 Å². The van der Waals surface area contributed by atoms with Gasteiger partial charge in [-0.2, -0.15) is 0 Å². The Morgan fingerprint density at radius 1 is 1.53 bits per heavy atom. The van der Waals surface area contributed by atoms with Gasteiger partial charge in [0.25, 0.3) is 0 Å². The van der Waals surface area contributed by atoms with Gasteiger partial charge in [0.1, 0.15) is 6.61 Å². The predicted molar refractivity (Wildman–Crippen MR) is 60.9 cm³/mol. The molecule has 1 N–H and O–H groups in total. The number of carbonyl (C=O) groups is 1. The van der Waals surface area contributed by atoms with Crippen LogP contribution in [0.2, 0.25) is 0 Å². The van der Waals surface area contributed by atoms with Crippen molar-refractivity contribution in [3.8, 4) is 0 Å². The van der Waals surface area contributed by atoms with E-state index in [4.69, 9.17) is 4.74 Å². The van der Waals surface area contributed by atoms with Gasteiger partial charge < -0.3 is 10.1 Å². The van der Waals surface area contributed by atoms with Crippen LogP contribution in [0, 0.1) is 5.41 Å². The minimum atomic E-state index is -0.160. The molecule has 1 saturated heterocycles. The van der Waals surface area contributed by atoms with Crippen LogP contribution in [-0.2, 0) is 9.53 Å². The van der Waals surface area contributed by atoms with Crippen molar-refractivity contribution in [2.45, 2.75) is 46.1 Å². The molecule has 0 aliphatic carbocycles. The molecule has 0 radical (unpaired) electrons. The molecule has 0 aromatic rings. The molecule has 3 heteroatoms. The van der Waals surface area contributed by atoms with E-state index >= 15 is 0 Å². The smallest absolute Gasteiger partial charge is 0.165 e. The summed E-state index contributed by atoms with van der Waals surface area (Å²) in [5.74, 6) is 0.269. The standard InChI is InChI=1S/C12H23NO2/c1-4-12(6-5-7-13-9-12)11(14)8-15-10(2)3/h10,13H,4-9H2,1-3H3. The highest BCUT2D eigenvalue weighted by atomic mass is 16.5.